The predicted octanol–water partition coefficient (Wildman–Crippen LogP) is 0.944. The maximum Gasteiger partial charge on any atom is 0.0638 e. The SMILES string of the molecule is Cc1nn(C)cc1CN1CCNC[C@@H]1C.Cl. The van der Waals surface area contributed by atoms with Crippen LogP contribution in [0.3, 0.4) is 0 Å². The molecule has 0 aromatic carbocycles. The molecule has 1 aromatic rings. The average molecular weight is 245 g/mol. The predicted molar refractivity (Wildman–Crippen MR) is 67.9 cm³/mol. The summed E-state index contributed by atoms with van der Waals surface area (Å²) in [6.45, 7) is 8.72. The van der Waals surface area contributed by atoms with E-state index in [4.69, 9.17) is 0 Å². The van der Waals surface area contributed by atoms with E-state index in [-0.39, 0.29) is 12.4 Å². The van der Waals surface area contributed by atoms with Crippen LogP contribution in [0.25, 0.3) is 0 Å². The zero-order chi connectivity index (χ0) is 10.8. The van der Waals surface area contributed by atoms with E-state index in [1.54, 1.807) is 0 Å². The standard InChI is InChI=1S/C11H20N4.ClH/c1-9-6-12-4-5-15(9)8-11-7-14(3)13-10(11)2;/h7,9,12H,4-6,8H2,1-3H3;1H/t9-;/m0./s1. The van der Waals surface area contributed by atoms with Crippen molar-refractivity contribution < 1.29 is 0 Å². The van der Waals surface area contributed by atoms with Crippen LogP contribution >= 0.6 is 12.4 Å². The van der Waals surface area contributed by atoms with Gasteiger partial charge in [-0.15, -0.1) is 12.4 Å². The van der Waals surface area contributed by atoms with Crippen LogP contribution in [-0.4, -0.2) is 40.4 Å². The maximum absolute atomic E-state index is 4.38. The number of hydrogen-bond acceptors (Lipinski definition) is 3. The highest BCUT2D eigenvalue weighted by molar-refractivity contribution is 5.85. The van der Waals surface area contributed by atoms with Gasteiger partial charge in [-0.3, -0.25) is 9.58 Å². The van der Waals surface area contributed by atoms with Crippen LogP contribution in [0.4, 0.5) is 0 Å². The quantitative estimate of drug-likeness (QED) is 0.841. The van der Waals surface area contributed by atoms with Gasteiger partial charge >= 0.3 is 0 Å². The molecule has 0 unspecified atom stereocenters. The molecule has 0 amide bonds. The molecule has 2 heterocycles. The van der Waals surface area contributed by atoms with Gasteiger partial charge in [0.1, 0.15) is 0 Å². The molecule has 1 N–H and O–H groups in total. The van der Waals surface area contributed by atoms with Gasteiger partial charge in [0.05, 0.1) is 5.69 Å². The molecule has 1 aromatic heterocycles. The number of halogens is 1. The van der Waals surface area contributed by atoms with Crippen molar-refractivity contribution >= 4 is 12.4 Å². The van der Waals surface area contributed by atoms with Gasteiger partial charge in [-0.2, -0.15) is 5.10 Å². The lowest BCUT2D eigenvalue weighted by atomic mass is 10.1. The Kier molecular flexibility index (Phi) is 4.77. The van der Waals surface area contributed by atoms with E-state index in [0.717, 1.165) is 31.9 Å². The molecular formula is C11H21ClN4. The second-order valence-corrected chi connectivity index (χ2v) is 4.44. The number of piperazine rings is 1. The lowest BCUT2D eigenvalue weighted by Gasteiger charge is -2.33. The smallest absolute Gasteiger partial charge is 0.0638 e. The Morgan fingerprint density at radius 2 is 2.31 bits per heavy atom. The molecular weight excluding hydrogens is 224 g/mol. The fraction of sp³-hybridized carbons (Fsp3) is 0.727. The molecule has 1 aliphatic rings. The first kappa shape index (κ1) is 13.5. The van der Waals surface area contributed by atoms with Gasteiger partial charge in [0.2, 0.25) is 0 Å². The maximum atomic E-state index is 4.38. The summed E-state index contributed by atoms with van der Waals surface area (Å²) in [6, 6.07) is 0.623. The largest absolute Gasteiger partial charge is 0.314 e. The molecule has 1 atom stereocenters. The molecule has 0 spiro atoms. The van der Waals surface area contributed by atoms with Crippen molar-refractivity contribution in [3.63, 3.8) is 0 Å². The highest BCUT2D eigenvalue weighted by Gasteiger charge is 2.19. The number of nitrogens with one attached hydrogen (secondary N) is 1. The lowest BCUT2D eigenvalue weighted by molar-refractivity contribution is 0.165. The highest BCUT2D eigenvalue weighted by atomic mass is 35.5. The average Bonchev–Trinajstić information content (AvgIpc) is 2.49. The van der Waals surface area contributed by atoms with Gasteiger partial charge in [0.15, 0.2) is 0 Å². The summed E-state index contributed by atoms with van der Waals surface area (Å²) in [4.78, 5) is 2.51. The summed E-state index contributed by atoms with van der Waals surface area (Å²) in [6.07, 6.45) is 2.13. The van der Waals surface area contributed by atoms with Crippen molar-refractivity contribution in [2.75, 3.05) is 19.6 Å². The van der Waals surface area contributed by atoms with E-state index in [1.165, 1.54) is 5.56 Å². The van der Waals surface area contributed by atoms with E-state index in [1.807, 2.05) is 11.7 Å². The van der Waals surface area contributed by atoms with Crippen LogP contribution in [0, 0.1) is 6.92 Å². The fourth-order valence-electron chi connectivity index (χ4n) is 2.14. The third-order valence-corrected chi connectivity index (χ3v) is 3.13. The third-order valence-electron chi connectivity index (χ3n) is 3.13. The Morgan fingerprint density at radius 1 is 1.56 bits per heavy atom. The van der Waals surface area contributed by atoms with Crippen LogP contribution in [-0.2, 0) is 13.6 Å². The first-order valence-electron chi connectivity index (χ1n) is 5.60. The molecule has 0 radical (unpaired) electrons. The van der Waals surface area contributed by atoms with E-state index < -0.39 is 0 Å². The second-order valence-electron chi connectivity index (χ2n) is 4.44. The van der Waals surface area contributed by atoms with Crippen molar-refractivity contribution in [1.82, 2.24) is 20.0 Å². The number of nitrogens with zero attached hydrogens (tertiary/aromatic N) is 3. The van der Waals surface area contributed by atoms with Gasteiger partial charge in [-0.25, -0.2) is 0 Å². The molecule has 0 bridgehead atoms. The van der Waals surface area contributed by atoms with Gasteiger partial charge in [0.25, 0.3) is 0 Å². The van der Waals surface area contributed by atoms with Crippen LogP contribution in [0.5, 0.6) is 0 Å². The monoisotopic (exact) mass is 244 g/mol. The van der Waals surface area contributed by atoms with E-state index >= 15 is 0 Å². The van der Waals surface area contributed by atoms with Gasteiger partial charge in [-0.05, 0) is 13.8 Å². The van der Waals surface area contributed by atoms with Crippen LogP contribution in [0.1, 0.15) is 18.2 Å². The van der Waals surface area contributed by atoms with Gasteiger partial charge < -0.3 is 5.32 Å². The molecule has 1 aliphatic heterocycles. The molecule has 0 aliphatic carbocycles. The van der Waals surface area contributed by atoms with Crippen LogP contribution in [0.15, 0.2) is 6.20 Å². The summed E-state index contributed by atoms with van der Waals surface area (Å²) in [5, 5.41) is 7.78. The second kappa shape index (κ2) is 5.66. The Labute approximate surface area is 103 Å². The summed E-state index contributed by atoms with van der Waals surface area (Å²) in [5.41, 5.74) is 2.51. The molecule has 16 heavy (non-hydrogen) atoms. The minimum absolute atomic E-state index is 0. The topological polar surface area (TPSA) is 33.1 Å². The van der Waals surface area contributed by atoms with Crippen molar-refractivity contribution in [3.8, 4) is 0 Å². The van der Waals surface area contributed by atoms with Gasteiger partial charge in [0, 0.05) is 51.0 Å². The number of aryl methyl sites for hydroxylation is 2. The summed E-state index contributed by atoms with van der Waals surface area (Å²) in [5.74, 6) is 0. The van der Waals surface area contributed by atoms with E-state index in [9.17, 15) is 0 Å². The molecule has 2 rings (SSSR count). The van der Waals surface area contributed by atoms with Crippen molar-refractivity contribution in [2.45, 2.75) is 26.4 Å². The fourth-order valence-corrected chi connectivity index (χ4v) is 2.14. The minimum atomic E-state index is 0. The zero-order valence-electron chi connectivity index (χ0n) is 10.2. The molecule has 0 saturated carbocycles. The first-order chi connectivity index (χ1) is 7.16. The number of aromatic nitrogens is 2. The molecule has 1 fully saturated rings. The summed E-state index contributed by atoms with van der Waals surface area (Å²) >= 11 is 0. The van der Waals surface area contributed by atoms with Crippen LogP contribution < -0.4 is 5.32 Å². The minimum Gasteiger partial charge on any atom is -0.314 e. The number of hydrogen-bond donors (Lipinski definition) is 1. The highest BCUT2D eigenvalue weighted by Crippen LogP contribution is 2.12. The Morgan fingerprint density at radius 3 is 2.88 bits per heavy atom. The lowest BCUT2D eigenvalue weighted by Crippen LogP contribution is -2.49. The van der Waals surface area contributed by atoms with E-state index in [0.29, 0.717) is 6.04 Å². The van der Waals surface area contributed by atoms with Crippen molar-refractivity contribution in [2.24, 2.45) is 7.05 Å². The van der Waals surface area contributed by atoms with Gasteiger partial charge in [-0.1, -0.05) is 0 Å². The Balaban J connectivity index is 0.00000128. The molecule has 1 saturated heterocycles. The third kappa shape index (κ3) is 2.97. The zero-order valence-corrected chi connectivity index (χ0v) is 11.0. The van der Waals surface area contributed by atoms with E-state index in [2.05, 4.69) is 35.4 Å². The molecule has 4 nitrogen and oxygen atoms in total. The summed E-state index contributed by atoms with van der Waals surface area (Å²) in [7, 11) is 1.98. The first-order valence-corrected chi connectivity index (χ1v) is 5.60. The normalized spacial score (nSPS) is 21.8. The summed E-state index contributed by atoms with van der Waals surface area (Å²) < 4.78 is 1.90. The molecule has 92 valence electrons. The number of rotatable bonds is 2. The Bertz CT molecular complexity index is 337. The Hall–Kier alpha value is -0.580. The van der Waals surface area contributed by atoms with Crippen LogP contribution in [0.2, 0.25) is 0 Å². The molecule has 5 heteroatoms. The van der Waals surface area contributed by atoms with Crippen molar-refractivity contribution in [1.29, 1.82) is 0 Å². The van der Waals surface area contributed by atoms with Crippen molar-refractivity contribution in [3.05, 3.63) is 17.5 Å².